The van der Waals surface area contributed by atoms with Gasteiger partial charge in [-0.2, -0.15) is 0 Å². The normalized spacial score (nSPS) is 12.2. The minimum Gasteiger partial charge on any atom is -0.504 e. The topological polar surface area (TPSA) is 70.7 Å². The molecule has 1 atom stereocenters. The quantitative estimate of drug-likeness (QED) is 0.334. The van der Waals surface area contributed by atoms with Gasteiger partial charge in [0.1, 0.15) is 0 Å². The molecule has 1 heterocycles. The van der Waals surface area contributed by atoms with E-state index in [2.05, 4.69) is 15.9 Å². The Bertz CT molecular complexity index is 1180. The van der Waals surface area contributed by atoms with Gasteiger partial charge in [0.25, 0.3) is 0 Å². The third-order valence-electron chi connectivity index (χ3n) is 4.83. The zero-order valence-electron chi connectivity index (χ0n) is 14.8. The molecule has 0 spiro atoms. The summed E-state index contributed by atoms with van der Waals surface area (Å²) in [5.41, 5.74) is 2.02. The third kappa shape index (κ3) is 3.29. The van der Waals surface area contributed by atoms with E-state index < -0.39 is 11.4 Å². The van der Waals surface area contributed by atoms with E-state index in [0.29, 0.717) is 21.8 Å². The van der Waals surface area contributed by atoms with Crippen LogP contribution < -0.4 is 5.63 Å². The molecular formula is C23H17BrO4. The van der Waals surface area contributed by atoms with Gasteiger partial charge in [0.2, 0.25) is 5.75 Å². The molecule has 0 aliphatic heterocycles. The van der Waals surface area contributed by atoms with Crippen molar-refractivity contribution in [2.24, 2.45) is 0 Å². The number of hydrogen-bond donors (Lipinski definition) is 2. The molecule has 5 heteroatoms. The van der Waals surface area contributed by atoms with Crippen LogP contribution in [0.3, 0.4) is 0 Å². The smallest absolute Gasteiger partial charge is 0.336 e. The van der Waals surface area contributed by atoms with Crippen molar-refractivity contribution in [1.29, 1.82) is 0 Å². The Labute approximate surface area is 169 Å². The van der Waals surface area contributed by atoms with Crippen LogP contribution in [0.1, 0.15) is 22.6 Å². The van der Waals surface area contributed by atoms with E-state index >= 15 is 0 Å². The number of rotatable bonds is 4. The summed E-state index contributed by atoms with van der Waals surface area (Å²) >= 11 is 3.57. The summed E-state index contributed by atoms with van der Waals surface area (Å²) in [5, 5.41) is 21.9. The zero-order valence-corrected chi connectivity index (χ0v) is 16.4. The number of halogens is 1. The van der Waals surface area contributed by atoms with Gasteiger partial charge in [-0.3, -0.25) is 0 Å². The van der Waals surface area contributed by atoms with Crippen LogP contribution in [0.4, 0.5) is 0 Å². The van der Waals surface area contributed by atoms with Crippen LogP contribution in [0.15, 0.2) is 86.5 Å². The molecule has 2 N–H and O–H groups in total. The van der Waals surface area contributed by atoms with Crippen molar-refractivity contribution in [3.63, 3.8) is 0 Å². The van der Waals surface area contributed by atoms with Crippen LogP contribution in [0.2, 0.25) is 0 Å². The van der Waals surface area contributed by atoms with Crippen molar-refractivity contribution in [1.82, 2.24) is 0 Å². The maximum absolute atomic E-state index is 11.6. The second-order valence-electron chi connectivity index (χ2n) is 6.58. The molecule has 3 aromatic carbocycles. The molecule has 0 aliphatic rings. The molecule has 28 heavy (non-hydrogen) atoms. The number of benzene rings is 3. The predicted molar refractivity (Wildman–Crippen MR) is 112 cm³/mol. The number of phenolic OH excluding ortho intramolecular Hbond substituents is 2. The van der Waals surface area contributed by atoms with Crippen molar-refractivity contribution >= 4 is 26.9 Å². The first kappa shape index (κ1) is 18.3. The van der Waals surface area contributed by atoms with Crippen LogP contribution in [-0.4, -0.2) is 10.2 Å². The standard InChI is InChI=1S/C23H17BrO4/c24-20-16-11-12-18(25)28-23(16)22(27)21(26)19(20)17(15-9-5-2-6-10-15)13-14-7-3-1-4-8-14/h1-12,17,26-27H,13H2. The van der Waals surface area contributed by atoms with E-state index in [4.69, 9.17) is 4.42 Å². The van der Waals surface area contributed by atoms with E-state index in [9.17, 15) is 15.0 Å². The summed E-state index contributed by atoms with van der Waals surface area (Å²) < 4.78 is 5.71. The Morgan fingerprint density at radius 2 is 1.50 bits per heavy atom. The lowest BCUT2D eigenvalue weighted by molar-refractivity contribution is 0.391. The number of fused-ring (bicyclic) bond motifs is 1. The van der Waals surface area contributed by atoms with Gasteiger partial charge in [-0.1, -0.05) is 60.7 Å². The number of aromatic hydroxyl groups is 2. The summed E-state index contributed by atoms with van der Waals surface area (Å²) in [6, 6.07) is 22.6. The first-order valence-corrected chi connectivity index (χ1v) is 9.61. The summed E-state index contributed by atoms with van der Waals surface area (Å²) in [6.07, 6.45) is 0.624. The molecule has 4 nitrogen and oxygen atoms in total. The average Bonchev–Trinajstić information content (AvgIpc) is 2.73. The summed E-state index contributed by atoms with van der Waals surface area (Å²) in [7, 11) is 0. The highest BCUT2D eigenvalue weighted by Gasteiger charge is 2.27. The lowest BCUT2D eigenvalue weighted by atomic mass is 9.84. The van der Waals surface area contributed by atoms with Gasteiger partial charge in [-0.15, -0.1) is 0 Å². The Morgan fingerprint density at radius 1 is 0.857 bits per heavy atom. The van der Waals surface area contributed by atoms with Crippen LogP contribution in [0.25, 0.3) is 11.0 Å². The lowest BCUT2D eigenvalue weighted by Gasteiger charge is -2.22. The van der Waals surface area contributed by atoms with Gasteiger partial charge in [0.15, 0.2) is 11.3 Å². The Hall–Kier alpha value is -3.05. The molecule has 0 bridgehead atoms. The highest BCUT2D eigenvalue weighted by molar-refractivity contribution is 9.10. The van der Waals surface area contributed by atoms with E-state index in [1.165, 1.54) is 6.07 Å². The summed E-state index contributed by atoms with van der Waals surface area (Å²) in [5.74, 6) is -0.946. The van der Waals surface area contributed by atoms with Crippen molar-refractivity contribution in [3.8, 4) is 11.5 Å². The number of hydrogen-bond acceptors (Lipinski definition) is 4. The molecule has 0 aliphatic carbocycles. The van der Waals surface area contributed by atoms with Crippen molar-refractivity contribution < 1.29 is 14.6 Å². The van der Waals surface area contributed by atoms with Crippen LogP contribution in [-0.2, 0) is 6.42 Å². The van der Waals surface area contributed by atoms with Crippen molar-refractivity contribution in [2.75, 3.05) is 0 Å². The molecule has 0 saturated heterocycles. The molecular weight excluding hydrogens is 420 g/mol. The molecule has 4 aromatic rings. The summed E-state index contributed by atoms with van der Waals surface area (Å²) in [6.45, 7) is 0. The van der Waals surface area contributed by atoms with E-state index in [0.717, 1.165) is 11.1 Å². The predicted octanol–water partition coefficient (Wildman–Crippen LogP) is 5.34. The van der Waals surface area contributed by atoms with Crippen LogP contribution in [0, 0.1) is 0 Å². The fraction of sp³-hybridized carbons (Fsp3) is 0.0870. The second-order valence-corrected chi connectivity index (χ2v) is 7.37. The van der Waals surface area contributed by atoms with E-state index in [-0.39, 0.29) is 17.3 Å². The van der Waals surface area contributed by atoms with Crippen LogP contribution in [0.5, 0.6) is 11.5 Å². The first-order chi connectivity index (χ1) is 13.6. The third-order valence-corrected chi connectivity index (χ3v) is 5.69. The van der Waals surface area contributed by atoms with Gasteiger partial charge in [0, 0.05) is 27.4 Å². The lowest BCUT2D eigenvalue weighted by Crippen LogP contribution is -2.07. The van der Waals surface area contributed by atoms with E-state index in [1.807, 2.05) is 60.7 Å². The van der Waals surface area contributed by atoms with E-state index in [1.54, 1.807) is 6.07 Å². The maximum Gasteiger partial charge on any atom is 0.336 e. The van der Waals surface area contributed by atoms with Gasteiger partial charge < -0.3 is 14.6 Å². The molecule has 0 saturated carbocycles. The Balaban J connectivity index is 1.97. The molecule has 0 fully saturated rings. The Kier molecular flexibility index (Phi) is 4.92. The molecule has 4 rings (SSSR count). The largest absolute Gasteiger partial charge is 0.504 e. The fourth-order valence-corrected chi connectivity index (χ4v) is 4.27. The van der Waals surface area contributed by atoms with Crippen molar-refractivity contribution in [2.45, 2.75) is 12.3 Å². The average molecular weight is 437 g/mol. The zero-order chi connectivity index (χ0) is 19.7. The van der Waals surface area contributed by atoms with Gasteiger partial charge >= 0.3 is 5.63 Å². The summed E-state index contributed by atoms with van der Waals surface area (Å²) in [4.78, 5) is 11.6. The monoisotopic (exact) mass is 436 g/mol. The van der Waals surface area contributed by atoms with Gasteiger partial charge in [0.05, 0.1) is 0 Å². The molecule has 140 valence electrons. The maximum atomic E-state index is 11.6. The minimum absolute atomic E-state index is 0.0350. The second kappa shape index (κ2) is 7.52. The highest BCUT2D eigenvalue weighted by atomic mass is 79.9. The number of phenols is 2. The minimum atomic E-state index is -0.592. The molecule has 0 radical (unpaired) electrons. The van der Waals surface area contributed by atoms with Crippen LogP contribution >= 0.6 is 15.9 Å². The Morgan fingerprint density at radius 3 is 2.18 bits per heavy atom. The molecule has 0 amide bonds. The van der Waals surface area contributed by atoms with Gasteiger partial charge in [-0.25, -0.2) is 4.79 Å². The molecule has 1 aromatic heterocycles. The van der Waals surface area contributed by atoms with Gasteiger partial charge in [-0.05, 0) is 39.5 Å². The first-order valence-electron chi connectivity index (χ1n) is 8.82. The fourth-order valence-electron chi connectivity index (χ4n) is 3.49. The highest BCUT2D eigenvalue weighted by Crippen LogP contribution is 2.48. The van der Waals surface area contributed by atoms with Crippen molar-refractivity contribution in [3.05, 3.63) is 104 Å². The SMILES string of the molecule is O=c1ccc2c(Br)c(C(Cc3ccccc3)c3ccccc3)c(O)c(O)c2o1. The molecule has 1 unspecified atom stereocenters.